The highest BCUT2D eigenvalue weighted by Crippen LogP contribution is 2.37. The fourth-order valence-electron chi connectivity index (χ4n) is 4.79. The Balaban J connectivity index is 1.21. The van der Waals surface area contributed by atoms with Crippen molar-refractivity contribution in [2.45, 2.75) is 38.5 Å². The average Bonchev–Trinajstić information content (AvgIpc) is 3.46. The number of aryl methyl sites for hydroxylation is 2. The summed E-state index contributed by atoms with van der Waals surface area (Å²) < 4.78 is 11.9. The highest BCUT2D eigenvalue weighted by atomic mass is 16.5. The summed E-state index contributed by atoms with van der Waals surface area (Å²) in [5.41, 5.74) is 6.31. The highest BCUT2D eigenvalue weighted by Gasteiger charge is 2.25. The molecule has 1 aromatic heterocycles. The molecule has 0 aliphatic heterocycles. The number of benzene rings is 3. The number of aromatic nitrogens is 1. The molecule has 1 N–H and O–H groups in total. The van der Waals surface area contributed by atoms with E-state index in [0.717, 1.165) is 52.3 Å². The first-order valence-electron chi connectivity index (χ1n) is 12.0. The normalized spacial score (nSPS) is 14.4. The van der Waals surface area contributed by atoms with E-state index in [1.165, 1.54) is 5.56 Å². The second-order valence-electron chi connectivity index (χ2n) is 9.03. The maximum absolute atomic E-state index is 11.1. The smallest absolute Gasteiger partial charge is 0.303 e. The van der Waals surface area contributed by atoms with Crippen molar-refractivity contribution in [2.75, 3.05) is 6.61 Å². The third-order valence-electron chi connectivity index (χ3n) is 6.65. The van der Waals surface area contributed by atoms with Gasteiger partial charge in [0.25, 0.3) is 0 Å². The summed E-state index contributed by atoms with van der Waals surface area (Å²) in [5, 5.41) is 12.1. The quantitative estimate of drug-likeness (QED) is 0.262. The number of oxazole rings is 1. The molecule has 0 saturated heterocycles. The molecular formula is C29H26N2O5. The molecule has 4 aromatic rings. The number of carboxylic acids is 1. The van der Waals surface area contributed by atoms with Crippen molar-refractivity contribution in [2.24, 2.45) is 5.18 Å². The van der Waals surface area contributed by atoms with E-state index in [2.05, 4.69) is 10.2 Å². The lowest BCUT2D eigenvalue weighted by molar-refractivity contribution is -0.137. The molecule has 7 heteroatoms. The van der Waals surface area contributed by atoms with Crippen molar-refractivity contribution < 1.29 is 19.1 Å². The highest BCUT2D eigenvalue weighted by molar-refractivity contribution is 5.70. The van der Waals surface area contributed by atoms with Crippen molar-refractivity contribution in [3.05, 3.63) is 94.2 Å². The van der Waals surface area contributed by atoms with Crippen LogP contribution in [0, 0.1) is 11.8 Å². The van der Waals surface area contributed by atoms with Gasteiger partial charge in [-0.25, -0.2) is 4.98 Å². The average molecular weight is 483 g/mol. The Labute approximate surface area is 208 Å². The third kappa shape index (κ3) is 5.05. The third-order valence-corrected chi connectivity index (χ3v) is 6.65. The number of rotatable bonds is 9. The van der Waals surface area contributed by atoms with E-state index in [1.807, 2.05) is 61.5 Å². The molecule has 0 saturated carbocycles. The molecule has 0 spiro atoms. The first-order chi connectivity index (χ1) is 17.5. The van der Waals surface area contributed by atoms with E-state index < -0.39 is 5.97 Å². The molecule has 1 heterocycles. The molecule has 0 radical (unpaired) electrons. The van der Waals surface area contributed by atoms with Crippen LogP contribution in [0.4, 0.5) is 5.69 Å². The zero-order valence-corrected chi connectivity index (χ0v) is 19.9. The van der Waals surface area contributed by atoms with Crippen LogP contribution in [-0.2, 0) is 17.6 Å². The van der Waals surface area contributed by atoms with Gasteiger partial charge >= 0.3 is 5.97 Å². The number of nitroso groups, excluding NO2 is 1. The monoisotopic (exact) mass is 482 g/mol. The van der Waals surface area contributed by atoms with Crippen molar-refractivity contribution in [3.63, 3.8) is 0 Å². The second kappa shape index (κ2) is 10.2. The van der Waals surface area contributed by atoms with Crippen molar-refractivity contribution >= 4 is 11.7 Å². The molecular weight excluding hydrogens is 456 g/mol. The Hall–Kier alpha value is -4.26. The van der Waals surface area contributed by atoms with Crippen LogP contribution in [-0.4, -0.2) is 22.7 Å². The zero-order chi connectivity index (χ0) is 25.1. The Morgan fingerprint density at radius 2 is 1.89 bits per heavy atom. The maximum atomic E-state index is 11.1. The van der Waals surface area contributed by atoms with Crippen molar-refractivity contribution in [1.82, 2.24) is 4.98 Å². The van der Waals surface area contributed by atoms with Crippen LogP contribution in [0.3, 0.4) is 0 Å². The topological polar surface area (TPSA) is 102 Å². The van der Waals surface area contributed by atoms with E-state index in [4.69, 9.17) is 14.3 Å². The number of hydrogen-bond acceptors (Lipinski definition) is 6. The molecule has 36 heavy (non-hydrogen) atoms. The predicted molar refractivity (Wildman–Crippen MR) is 137 cm³/mol. The molecule has 5 rings (SSSR count). The second-order valence-corrected chi connectivity index (χ2v) is 9.03. The minimum Gasteiger partial charge on any atom is -0.493 e. The van der Waals surface area contributed by atoms with E-state index in [-0.39, 0.29) is 12.3 Å². The number of aliphatic carboxylic acids is 1. The van der Waals surface area contributed by atoms with Crippen LogP contribution >= 0.6 is 0 Å². The van der Waals surface area contributed by atoms with E-state index in [0.29, 0.717) is 24.6 Å². The largest absolute Gasteiger partial charge is 0.493 e. The number of hydrogen-bond donors (Lipinski definition) is 1. The molecule has 1 atom stereocenters. The predicted octanol–water partition coefficient (Wildman–Crippen LogP) is 6.84. The summed E-state index contributed by atoms with van der Waals surface area (Å²) in [5.74, 6) is 1.44. The van der Waals surface area contributed by atoms with Gasteiger partial charge in [0.2, 0.25) is 5.89 Å². The molecule has 3 aromatic carbocycles. The summed E-state index contributed by atoms with van der Waals surface area (Å²) in [6, 6.07) is 21.0. The lowest BCUT2D eigenvalue weighted by Gasteiger charge is -2.10. The van der Waals surface area contributed by atoms with Gasteiger partial charge in [0.05, 0.1) is 18.7 Å². The molecule has 0 unspecified atom stereocenters. The van der Waals surface area contributed by atoms with Gasteiger partial charge in [0, 0.05) is 12.0 Å². The molecule has 0 bridgehead atoms. The van der Waals surface area contributed by atoms with Gasteiger partial charge in [-0.1, -0.05) is 30.3 Å². The fourth-order valence-corrected chi connectivity index (χ4v) is 4.79. The van der Waals surface area contributed by atoms with Crippen LogP contribution < -0.4 is 4.74 Å². The lowest BCUT2D eigenvalue weighted by Crippen LogP contribution is -2.04. The van der Waals surface area contributed by atoms with E-state index in [1.54, 1.807) is 12.1 Å². The Kier molecular flexibility index (Phi) is 6.62. The van der Waals surface area contributed by atoms with Crippen LogP contribution in [0.5, 0.6) is 5.75 Å². The lowest BCUT2D eigenvalue weighted by atomic mass is 9.98. The standard InChI is InChI=1S/C29H26N2O5/c1-18-27(13-14-35-25-11-12-26-22(16-25)9-10-23(26)17-28(32)33)30-29(36-18)20-7-5-19(6-8-20)21-3-2-4-24(15-21)31-34/h2-8,11-12,15-16,23H,9-10,13-14,17H2,1H3,(H,32,33)/t23-/m0/s1. The van der Waals surface area contributed by atoms with Crippen LogP contribution in [0.1, 0.15) is 41.3 Å². The van der Waals surface area contributed by atoms with Crippen LogP contribution in [0.25, 0.3) is 22.6 Å². The number of carboxylic acid groups (broad SMARTS) is 1. The van der Waals surface area contributed by atoms with Gasteiger partial charge in [-0.15, -0.1) is 4.91 Å². The van der Waals surface area contributed by atoms with Gasteiger partial charge in [0.15, 0.2) is 0 Å². The zero-order valence-electron chi connectivity index (χ0n) is 19.9. The first kappa shape index (κ1) is 23.5. The maximum Gasteiger partial charge on any atom is 0.303 e. The summed E-state index contributed by atoms with van der Waals surface area (Å²) in [6.45, 7) is 2.36. The summed E-state index contributed by atoms with van der Waals surface area (Å²) in [7, 11) is 0. The van der Waals surface area contributed by atoms with E-state index >= 15 is 0 Å². The summed E-state index contributed by atoms with van der Waals surface area (Å²) in [6.07, 6.45) is 2.54. The Morgan fingerprint density at radius 3 is 2.67 bits per heavy atom. The molecule has 0 amide bonds. The molecule has 1 aliphatic rings. The number of carbonyl (C=O) groups is 1. The van der Waals surface area contributed by atoms with Crippen LogP contribution in [0.2, 0.25) is 0 Å². The number of nitrogens with zero attached hydrogens (tertiary/aromatic N) is 2. The SMILES string of the molecule is Cc1oc(-c2ccc(-c3cccc(N=O)c3)cc2)nc1CCOc1ccc2c(c1)CC[C@H]2CC(=O)O. The molecule has 0 fully saturated rings. The van der Waals surface area contributed by atoms with Gasteiger partial charge in [0.1, 0.15) is 17.2 Å². The fraction of sp³-hybridized carbons (Fsp3) is 0.241. The van der Waals surface area contributed by atoms with Gasteiger partial charge in [-0.05, 0) is 89.5 Å². The van der Waals surface area contributed by atoms with Crippen molar-refractivity contribution in [1.29, 1.82) is 0 Å². The Bertz CT molecular complexity index is 1410. The minimum absolute atomic E-state index is 0.0929. The first-order valence-corrected chi connectivity index (χ1v) is 12.0. The number of ether oxygens (including phenoxy) is 1. The molecule has 7 nitrogen and oxygen atoms in total. The summed E-state index contributed by atoms with van der Waals surface area (Å²) in [4.78, 5) is 26.6. The summed E-state index contributed by atoms with van der Waals surface area (Å²) >= 11 is 0. The van der Waals surface area contributed by atoms with Crippen molar-refractivity contribution in [3.8, 4) is 28.3 Å². The van der Waals surface area contributed by atoms with Gasteiger partial charge in [-0.3, -0.25) is 4.79 Å². The Morgan fingerprint density at radius 1 is 1.08 bits per heavy atom. The van der Waals surface area contributed by atoms with E-state index in [9.17, 15) is 9.70 Å². The van der Waals surface area contributed by atoms with Crippen LogP contribution in [0.15, 0.2) is 76.3 Å². The minimum atomic E-state index is -0.756. The van der Waals surface area contributed by atoms with Gasteiger partial charge < -0.3 is 14.3 Å². The van der Waals surface area contributed by atoms with Gasteiger partial charge in [-0.2, -0.15) is 0 Å². The molecule has 1 aliphatic carbocycles. The number of fused-ring (bicyclic) bond motifs is 1. The molecule has 182 valence electrons.